The summed E-state index contributed by atoms with van der Waals surface area (Å²) in [6, 6.07) is 17.9. The largest absolute Gasteiger partial charge is 0.491 e. The van der Waals surface area contributed by atoms with Gasteiger partial charge in [0.15, 0.2) is 5.60 Å². The number of aromatic nitrogens is 1. The summed E-state index contributed by atoms with van der Waals surface area (Å²) in [5.41, 5.74) is -0.128. The van der Waals surface area contributed by atoms with Crippen LogP contribution in [0, 0.1) is 11.3 Å². The normalized spacial score (nSPS) is 13.2. The van der Waals surface area contributed by atoms with E-state index in [9.17, 15) is 27.6 Å². The van der Waals surface area contributed by atoms with Crippen LogP contribution >= 0.6 is 0 Å². The minimum absolute atomic E-state index is 0.0359. The quantitative estimate of drug-likeness (QED) is 0.300. The first-order valence-corrected chi connectivity index (χ1v) is 12.2. The summed E-state index contributed by atoms with van der Waals surface area (Å²) >= 11 is 0. The Kier molecular flexibility index (Phi) is 9.51. The van der Waals surface area contributed by atoms with Crippen molar-refractivity contribution in [2.75, 3.05) is 13.3 Å². The van der Waals surface area contributed by atoms with Gasteiger partial charge in [-0.15, -0.1) is 0 Å². The number of hydrogen-bond donors (Lipinski definition) is 1. The molecule has 1 aromatic heterocycles. The first-order valence-electron chi connectivity index (χ1n) is 12.2. The molecule has 10 heteroatoms. The molecule has 2 aromatic carbocycles. The predicted molar refractivity (Wildman–Crippen MR) is 137 cm³/mol. The van der Waals surface area contributed by atoms with Gasteiger partial charge in [-0.2, -0.15) is 18.4 Å². The summed E-state index contributed by atoms with van der Waals surface area (Å²) in [5.74, 6) is -0.325. The maximum atomic E-state index is 13.2. The Hall–Kier alpha value is -4.13. The maximum Gasteiger partial charge on any atom is 0.417 e. The fraction of sp³-hybridized carbons (Fsp3) is 0.345. The second-order valence-electron chi connectivity index (χ2n) is 9.49. The lowest BCUT2D eigenvalue weighted by Crippen LogP contribution is -2.51. The zero-order valence-electron chi connectivity index (χ0n) is 21.8. The predicted octanol–water partition coefficient (Wildman–Crippen LogP) is 6.01. The molecule has 2 atom stereocenters. The van der Waals surface area contributed by atoms with Crippen LogP contribution in [0.15, 0.2) is 66.9 Å². The van der Waals surface area contributed by atoms with Crippen molar-refractivity contribution in [1.29, 1.82) is 5.26 Å². The van der Waals surface area contributed by atoms with E-state index in [4.69, 9.17) is 9.47 Å². The number of amides is 1. The number of carbonyl (C=O) groups is 1. The maximum absolute atomic E-state index is 13.2. The molecule has 0 aliphatic rings. The smallest absolute Gasteiger partial charge is 0.417 e. The van der Waals surface area contributed by atoms with E-state index in [2.05, 4.69) is 16.4 Å². The Morgan fingerprint density at radius 3 is 2.41 bits per heavy atom. The molecule has 3 aromatic rings. The molecule has 1 N–H and O–H groups in total. The molecular weight excluding hydrogens is 513 g/mol. The first-order chi connectivity index (χ1) is 18.4. The average Bonchev–Trinajstić information content (AvgIpc) is 2.90. The van der Waals surface area contributed by atoms with Crippen molar-refractivity contribution >= 4 is 5.91 Å². The molecule has 39 heavy (non-hydrogen) atoms. The number of alkyl halides is 4. The summed E-state index contributed by atoms with van der Waals surface area (Å²) in [5, 5.41) is 12.3. The number of rotatable bonds is 11. The van der Waals surface area contributed by atoms with Crippen molar-refractivity contribution in [2.45, 2.75) is 50.9 Å². The monoisotopic (exact) mass is 542 g/mol. The van der Waals surface area contributed by atoms with Gasteiger partial charge in [-0.25, -0.2) is 9.37 Å². The third kappa shape index (κ3) is 8.18. The van der Waals surface area contributed by atoms with E-state index in [1.807, 2.05) is 25.1 Å². The van der Waals surface area contributed by atoms with Gasteiger partial charge in [0.2, 0.25) is 5.88 Å². The number of carbonyl (C=O) groups excluding carboxylic acids is 1. The van der Waals surface area contributed by atoms with Crippen LogP contribution in [0.2, 0.25) is 0 Å². The Morgan fingerprint density at radius 2 is 1.82 bits per heavy atom. The highest BCUT2D eigenvalue weighted by Gasteiger charge is 2.34. The van der Waals surface area contributed by atoms with Crippen molar-refractivity contribution in [3.05, 3.63) is 89.1 Å². The van der Waals surface area contributed by atoms with Crippen molar-refractivity contribution in [3.8, 4) is 17.7 Å². The summed E-state index contributed by atoms with van der Waals surface area (Å²) in [6.07, 6.45) is -3.38. The van der Waals surface area contributed by atoms with Crippen LogP contribution in [0.4, 0.5) is 17.6 Å². The molecule has 0 aliphatic heterocycles. The van der Waals surface area contributed by atoms with Crippen LogP contribution in [-0.2, 0) is 17.4 Å². The van der Waals surface area contributed by atoms with E-state index in [1.54, 1.807) is 30.3 Å². The summed E-state index contributed by atoms with van der Waals surface area (Å²) in [4.78, 5) is 16.9. The summed E-state index contributed by atoms with van der Waals surface area (Å²) in [6.45, 7) is 4.19. The van der Waals surface area contributed by atoms with Gasteiger partial charge in [-0.1, -0.05) is 24.3 Å². The third-order valence-corrected chi connectivity index (χ3v) is 6.10. The minimum atomic E-state index is -4.53. The third-order valence-electron chi connectivity index (χ3n) is 6.10. The Morgan fingerprint density at radius 1 is 1.10 bits per heavy atom. The van der Waals surface area contributed by atoms with Gasteiger partial charge in [0.05, 0.1) is 17.2 Å². The molecular formula is C29H29F4N3O3. The SMILES string of the molecule is CC(NC(=O)C(C)(C)Oc1ccc(C(F)(F)F)cn1)C(Cc1ccc(OCC[18F])cc1)c1cccc(C#N)c1. The highest BCUT2D eigenvalue weighted by molar-refractivity contribution is 5.85. The van der Waals surface area contributed by atoms with Gasteiger partial charge in [0, 0.05) is 24.2 Å². The van der Waals surface area contributed by atoms with E-state index in [1.165, 1.54) is 13.8 Å². The van der Waals surface area contributed by atoms with Crippen molar-refractivity contribution in [3.63, 3.8) is 0 Å². The van der Waals surface area contributed by atoms with Gasteiger partial charge in [0.1, 0.15) is 19.0 Å². The van der Waals surface area contributed by atoms with Crippen molar-refractivity contribution in [2.24, 2.45) is 0 Å². The number of nitrogens with one attached hydrogen (secondary N) is 1. The molecule has 206 valence electrons. The number of halogens is 4. The number of hydrogen-bond acceptors (Lipinski definition) is 5. The molecule has 1 heterocycles. The Labute approximate surface area is 224 Å². The van der Waals surface area contributed by atoms with Gasteiger partial charge in [0.25, 0.3) is 5.91 Å². The lowest BCUT2D eigenvalue weighted by Gasteiger charge is -2.30. The van der Waals surface area contributed by atoms with Crippen LogP contribution in [0.1, 0.15) is 48.9 Å². The minimum Gasteiger partial charge on any atom is -0.491 e. The number of pyridine rings is 1. The molecule has 0 fully saturated rings. The Bertz CT molecular complexity index is 1290. The standard InChI is InChI=1S/C29H29F4N3O3/c1-19(36-27(37)28(2,3)39-26-12-9-23(18-35-26)29(31,32)33)25(22-6-4-5-21(15-22)17-34)16-20-7-10-24(11-8-20)38-14-13-30/h4-12,15,18-19,25H,13-14,16H2,1-3H3,(H,36,37)/i30-1. The van der Waals surface area contributed by atoms with Gasteiger partial charge >= 0.3 is 6.18 Å². The molecule has 3 rings (SSSR count). The number of nitriles is 1. The van der Waals surface area contributed by atoms with E-state index in [-0.39, 0.29) is 18.4 Å². The van der Waals surface area contributed by atoms with E-state index >= 15 is 0 Å². The fourth-order valence-corrected chi connectivity index (χ4v) is 3.95. The van der Waals surface area contributed by atoms with Gasteiger partial charge < -0.3 is 14.8 Å². The summed E-state index contributed by atoms with van der Waals surface area (Å²) < 4.78 is 61.8. The summed E-state index contributed by atoms with van der Waals surface area (Å²) in [7, 11) is 0. The highest BCUT2D eigenvalue weighted by atomic mass is 19.4. The van der Waals surface area contributed by atoms with E-state index in [0.29, 0.717) is 23.9 Å². The highest BCUT2D eigenvalue weighted by Crippen LogP contribution is 2.30. The van der Waals surface area contributed by atoms with Crippen LogP contribution in [0.25, 0.3) is 0 Å². The molecule has 0 radical (unpaired) electrons. The average molecular weight is 543 g/mol. The van der Waals surface area contributed by atoms with Crippen LogP contribution < -0.4 is 14.8 Å². The molecule has 0 bridgehead atoms. The molecule has 0 aliphatic carbocycles. The van der Waals surface area contributed by atoms with E-state index < -0.39 is 36.0 Å². The second kappa shape index (κ2) is 12.6. The number of ether oxygens (including phenoxy) is 2. The second-order valence-corrected chi connectivity index (χ2v) is 9.49. The molecule has 1 amide bonds. The molecule has 0 saturated carbocycles. The lowest BCUT2D eigenvalue weighted by atomic mass is 9.85. The van der Waals surface area contributed by atoms with Crippen molar-refractivity contribution in [1.82, 2.24) is 10.3 Å². The molecule has 6 nitrogen and oxygen atoms in total. The zero-order valence-corrected chi connectivity index (χ0v) is 21.8. The van der Waals surface area contributed by atoms with Crippen molar-refractivity contribution < 1.29 is 31.8 Å². The first kappa shape index (κ1) is 29.4. The molecule has 2 unspecified atom stereocenters. The van der Waals surface area contributed by atoms with Gasteiger partial charge in [-0.3, -0.25) is 4.79 Å². The lowest BCUT2D eigenvalue weighted by molar-refractivity contribution is -0.138. The number of benzene rings is 2. The molecule has 0 saturated heterocycles. The van der Waals surface area contributed by atoms with Gasteiger partial charge in [-0.05, 0) is 68.7 Å². The fourth-order valence-electron chi connectivity index (χ4n) is 3.95. The van der Waals surface area contributed by atoms with Crippen LogP contribution in [0.3, 0.4) is 0 Å². The van der Waals surface area contributed by atoms with Crippen LogP contribution in [0.5, 0.6) is 11.6 Å². The number of nitrogens with zero attached hydrogens (tertiary/aromatic N) is 2. The zero-order chi connectivity index (χ0) is 28.6. The van der Waals surface area contributed by atoms with E-state index in [0.717, 1.165) is 23.3 Å². The Balaban J connectivity index is 1.78. The topological polar surface area (TPSA) is 84.2 Å². The molecule has 0 spiro atoms. The van der Waals surface area contributed by atoms with Crippen LogP contribution in [-0.4, -0.2) is 35.8 Å².